The normalized spacial score (nSPS) is 26.1. The van der Waals surface area contributed by atoms with Crippen LogP contribution < -0.4 is 10.5 Å². The van der Waals surface area contributed by atoms with Gasteiger partial charge in [-0.2, -0.15) is 0 Å². The molecule has 2 aliphatic carbocycles. The Morgan fingerprint density at radius 3 is 2.55 bits per heavy atom. The molecule has 1 aromatic heterocycles. The van der Waals surface area contributed by atoms with Gasteiger partial charge in [-0.15, -0.1) is 0 Å². The molecule has 0 aliphatic heterocycles. The molecule has 1 amide bonds. The van der Waals surface area contributed by atoms with Crippen LogP contribution in [0.3, 0.4) is 0 Å². The summed E-state index contributed by atoms with van der Waals surface area (Å²) in [6, 6.07) is 1.81. The van der Waals surface area contributed by atoms with Crippen LogP contribution in [0.4, 0.5) is 0 Å². The molecule has 20 heavy (non-hydrogen) atoms. The number of primary sulfonamides is 1. The monoisotopic (exact) mass is 297 g/mol. The molecule has 3 rings (SSSR count). The summed E-state index contributed by atoms with van der Waals surface area (Å²) >= 11 is 0. The Morgan fingerprint density at radius 2 is 2.05 bits per heavy atom. The Morgan fingerprint density at radius 1 is 1.40 bits per heavy atom. The Bertz CT molecular complexity index is 640. The molecule has 2 fully saturated rings. The van der Waals surface area contributed by atoms with Gasteiger partial charge in [-0.3, -0.25) is 4.79 Å². The molecule has 2 saturated carbocycles. The fraction of sp³-hybridized carbons (Fsp3) is 0.615. The molecular formula is C13H19N3O3S. The predicted molar refractivity (Wildman–Crippen MR) is 73.7 cm³/mol. The van der Waals surface area contributed by atoms with Gasteiger partial charge < -0.3 is 9.88 Å². The molecule has 3 N–H and O–H groups in total. The fourth-order valence-electron chi connectivity index (χ4n) is 2.73. The summed E-state index contributed by atoms with van der Waals surface area (Å²) in [5.41, 5.74) is 0.399. The van der Waals surface area contributed by atoms with E-state index in [9.17, 15) is 13.2 Å². The molecule has 0 radical (unpaired) electrons. The summed E-state index contributed by atoms with van der Waals surface area (Å²) in [4.78, 5) is 12.3. The molecule has 1 heterocycles. The lowest BCUT2D eigenvalue weighted by Crippen LogP contribution is -2.43. The highest BCUT2D eigenvalue weighted by molar-refractivity contribution is 7.89. The lowest BCUT2D eigenvalue weighted by molar-refractivity contribution is 0.0886. The van der Waals surface area contributed by atoms with Crippen molar-refractivity contribution >= 4 is 15.9 Å². The van der Waals surface area contributed by atoms with E-state index in [-0.39, 0.29) is 22.9 Å². The highest BCUT2D eigenvalue weighted by Gasteiger charge is 2.32. The van der Waals surface area contributed by atoms with E-state index in [1.54, 1.807) is 4.57 Å². The second-order valence-corrected chi connectivity index (χ2v) is 7.55. The van der Waals surface area contributed by atoms with E-state index in [1.807, 2.05) is 0 Å². The minimum Gasteiger partial charge on any atom is -0.348 e. The minimum atomic E-state index is -3.77. The zero-order chi connectivity index (χ0) is 14.5. The number of hydrogen-bond acceptors (Lipinski definition) is 3. The number of aromatic nitrogens is 1. The molecule has 0 aromatic carbocycles. The summed E-state index contributed by atoms with van der Waals surface area (Å²) in [5, 5.41) is 8.10. The molecule has 2 aliphatic rings. The lowest BCUT2D eigenvalue weighted by atomic mass is 9.82. The van der Waals surface area contributed by atoms with Gasteiger partial charge in [0, 0.05) is 18.3 Å². The third-order valence-corrected chi connectivity index (χ3v) is 4.91. The summed E-state index contributed by atoms with van der Waals surface area (Å²) < 4.78 is 24.6. The van der Waals surface area contributed by atoms with E-state index >= 15 is 0 Å². The average molecular weight is 297 g/mol. The highest BCUT2D eigenvalue weighted by atomic mass is 32.2. The maximum Gasteiger partial charge on any atom is 0.268 e. The molecule has 0 unspecified atom stereocenters. The van der Waals surface area contributed by atoms with Crippen molar-refractivity contribution in [2.75, 3.05) is 0 Å². The third kappa shape index (κ3) is 2.60. The largest absolute Gasteiger partial charge is 0.348 e. The molecule has 6 nitrogen and oxygen atoms in total. The molecule has 110 valence electrons. The number of carbonyl (C=O) groups is 1. The number of nitrogens with zero attached hydrogens (tertiary/aromatic N) is 1. The Hall–Kier alpha value is -1.34. The zero-order valence-corrected chi connectivity index (χ0v) is 12.2. The van der Waals surface area contributed by atoms with Crippen LogP contribution >= 0.6 is 0 Å². The second-order valence-electron chi connectivity index (χ2n) is 5.99. The number of amides is 1. The van der Waals surface area contributed by atoms with Crippen molar-refractivity contribution < 1.29 is 13.2 Å². The molecule has 1 aromatic rings. The van der Waals surface area contributed by atoms with Crippen LogP contribution in [0.1, 0.15) is 49.1 Å². The average Bonchev–Trinajstić information content (AvgIpc) is 3.04. The minimum absolute atomic E-state index is 0.0107. The summed E-state index contributed by atoms with van der Waals surface area (Å²) in [5.74, 6) is 0.444. The van der Waals surface area contributed by atoms with Gasteiger partial charge in [0.1, 0.15) is 10.6 Å². The van der Waals surface area contributed by atoms with Gasteiger partial charge in [0.05, 0.1) is 0 Å². The summed E-state index contributed by atoms with van der Waals surface area (Å²) in [7, 11) is -3.77. The molecule has 0 atom stereocenters. The molecule has 7 heteroatoms. The Balaban J connectivity index is 1.83. The van der Waals surface area contributed by atoms with Crippen molar-refractivity contribution in [2.24, 2.45) is 11.1 Å². The SMILES string of the molecule is CC1CC(NC(=O)c2cc(S(N)(=O)=O)cn2C2CC2)C1. The van der Waals surface area contributed by atoms with Gasteiger partial charge in [0.25, 0.3) is 5.91 Å². The standard InChI is InChI=1S/C13H19N3O3S/c1-8-4-9(5-8)15-13(17)12-6-11(20(14,18)19)7-16(12)10-2-3-10/h6-10H,2-5H2,1H3,(H,15,17)(H2,14,18,19). The number of hydrogen-bond donors (Lipinski definition) is 2. The summed E-state index contributed by atoms with van der Waals surface area (Å²) in [6.45, 7) is 2.15. The highest BCUT2D eigenvalue weighted by Crippen LogP contribution is 2.37. The van der Waals surface area contributed by atoms with Crippen molar-refractivity contribution in [3.63, 3.8) is 0 Å². The van der Waals surface area contributed by atoms with Gasteiger partial charge in [0.2, 0.25) is 10.0 Å². The van der Waals surface area contributed by atoms with Crippen LogP contribution in [0, 0.1) is 5.92 Å². The van der Waals surface area contributed by atoms with Crippen molar-refractivity contribution in [3.8, 4) is 0 Å². The number of carbonyl (C=O) groups excluding carboxylic acids is 1. The summed E-state index contributed by atoms with van der Waals surface area (Å²) in [6.07, 6.45) is 5.39. The predicted octanol–water partition coefficient (Wildman–Crippen LogP) is 0.999. The van der Waals surface area contributed by atoms with E-state index in [4.69, 9.17) is 5.14 Å². The number of rotatable bonds is 4. The molecular weight excluding hydrogens is 278 g/mol. The van der Waals surface area contributed by atoms with Crippen LogP contribution in [0.2, 0.25) is 0 Å². The van der Waals surface area contributed by atoms with Crippen LogP contribution in [0.25, 0.3) is 0 Å². The number of nitrogens with two attached hydrogens (primary N) is 1. The van der Waals surface area contributed by atoms with Gasteiger partial charge in [-0.25, -0.2) is 13.6 Å². The quantitative estimate of drug-likeness (QED) is 0.868. The van der Waals surface area contributed by atoms with E-state index in [0.717, 1.165) is 25.7 Å². The second kappa shape index (κ2) is 4.60. The van der Waals surface area contributed by atoms with Crippen molar-refractivity contribution in [1.82, 2.24) is 9.88 Å². The van der Waals surface area contributed by atoms with E-state index in [1.165, 1.54) is 12.3 Å². The van der Waals surface area contributed by atoms with Crippen molar-refractivity contribution in [2.45, 2.75) is 49.6 Å². The number of nitrogens with one attached hydrogen (secondary N) is 1. The molecule has 0 saturated heterocycles. The van der Waals surface area contributed by atoms with E-state index < -0.39 is 10.0 Å². The van der Waals surface area contributed by atoms with Gasteiger partial charge in [0.15, 0.2) is 0 Å². The van der Waals surface area contributed by atoms with Gasteiger partial charge in [-0.1, -0.05) is 6.92 Å². The maximum absolute atomic E-state index is 12.3. The van der Waals surface area contributed by atoms with Crippen LogP contribution in [-0.4, -0.2) is 24.9 Å². The van der Waals surface area contributed by atoms with Crippen molar-refractivity contribution in [1.29, 1.82) is 0 Å². The smallest absolute Gasteiger partial charge is 0.268 e. The first kappa shape index (κ1) is 13.6. The lowest BCUT2D eigenvalue weighted by Gasteiger charge is -2.33. The van der Waals surface area contributed by atoms with Gasteiger partial charge in [-0.05, 0) is 37.7 Å². The number of sulfonamides is 1. The maximum atomic E-state index is 12.3. The zero-order valence-electron chi connectivity index (χ0n) is 11.4. The Labute approximate surface area is 118 Å². The van der Waals surface area contributed by atoms with E-state index in [0.29, 0.717) is 11.6 Å². The first-order chi connectivity index (χ1) is 9.34. The topological polar surface area (TPSA) is 94.2 Å². The van der Waals surface area contributed by atoms with Crippen LogP contribution in [0.5, 0.6) is 0 Å². The van der Waals surface area contributed by atoms with Crippen LogP contribution in [0.15, 0.2) is 17.2 Å². The van der Waals surface area contributed by atoms with Crippen LogP contribution in [-0.2, 0) is 10.0 Å². The van der Waals surface area contributed by atoms with Gasteiger partial charge >= 0.3 is 0 Å². The first-order valence-electron chi connectivity index (χ1n) is 6.90. The van der Waals surface area contributed by atoms with Crippen molar-refractivity contribution in [3.05, 3.63) is 18.0 Å². The molecule has 0 spiro atoms. The first-order valence-corrected chi connectivity index (χ1v) is 8.45. The molecule has 0 bridgehead atoms. The van der Waals surface area contributed by atoms with E-state index in [2.05, 4.69) is 12.2 Å². The fourth-order valence-corrected chi connectivity index (χ4v) is 3.26. The Kier molecular flexibility index (Phi) is 3.13. The third-order valence-electron chi connectivity index (χ3n) is 4.03.